The van der Waals surface area contributed by atoms with E-state index in [1.165, 1.54) is 4.67 Å². The molecular weight excluding hydrogens is 542 g/mol. The summed E-state index contributed by atoms with van der Waals surface area (Å²) in [6.07, 6.45) is 4.09. The lowest BCUT2D eigenvalue weighted by molar-refractivity contribution is -0.308. The topological polar surface area (TPSA) is 250 Å². The molecule has 1 saturated heterocycles. The van der Waals surface area contributed by atoms with Crippen molar-refractivity contribution in [2.24, 2.45) is 22.9 Å². The van der Waals surface area contributed by atoms with E-state index in [-0.39, 0.29) is 12.5 Å². The van der Waals surface area contributed by atoms with Crippen LogP contribution < -0.4 is 28.0 Å². The molecule has 36 heavy (non-hydrogen) atoms. The fourth-order valence-corrected chi connectivity index (χ4v) is 5.28. The molecule has 1 aliphatic heterocycles. The van der Waals surface area contributed by atoms with E-state index in [1.54, 1.807) is 0 Å². The van der Waals surface area contributed by atoms with Gasteiger partial charge in [0.05, 0.1) is 6.61 Å². The summed E-state index contributed by atoms with van der Waals surface area (Å²) in [4.78, 5) is 24.5. The number of carbonyl (C=O) groups is 2. The second-order valence-corrected chi connectivity index (χ2v) is 10.5. The van der Waals surface area contributed by atoms with Gasteiger partial charge >= 0.3 is 19.6 Å². The minimum absolute atomic E-state index is 0.247. The van der Waals surface area contributed by atoms with Crippen LogP contribution in [0.1, 0.15) is 44.9 Å². The number of carboxylic acids is 2. The van der Waals surface area contributed by atoms with Gasteiger partial charge in [-0.15, -0.1) is 23.2 Å². The van der Waals surface area contributed by atoms with Crippen LogP contribution in [0.3, 0.4) is 0 Å². The van der Waals surface area contributed by atoms with Gasteiger partial charge in [-0.05, 0) is 38.8 Å². The number of nitrogens with two attached hydrogens (primary N) is 4. The molecule has 1 heterocycles. The maximum Gasteiger partial charge on any atom is 0.345 e. The van der Waals surface area contributed by atoms with Gasteiger partial charge in [-0.25, -0.2) is 9.97 Å². The van der Waals surface area contributed by atoms with E-state index in [2.05, 4.69) is 9.97 Å². The molecule has 0 aliphatic carbocycles. The summed E-state index contributed by atoms with van der Waals surface area (Å²) in [6, 6.07) is -1.43. The van der Waals surface area contributed by atoms with Gasteiger partial charge in [0.2, 0.25) is 0 Å². The number of carboxylic acid groups (broad SMARTS) is 2. The third-order valence-corrected chi connectivity index (χ3v) is 7.36. The zero-order valence-electron chi connectivity index (χ0n) is 20.5. The van der Waals surface area contributed by atoms with Crippen LogP contribution in [0.5, 0.6) is 0 Å². The quantitative estimate of drug-likeness (QED) is 0.0409. The molecule has 216 valence electrons. The van der Waals surface area contributed by atoms with Crippen molar-refractivity contribution in [2.75, 3.05) is 44.5 Å². The second-order valence-electron chi connectivity index (χ2n) is 7.61. The Morgan fingerprint density at radius 1 is 1.03 bits per heavy atom. The molecule has 1 rings (SSSR count). The van der Waals surface area contributed by atoms with Gasteiger partial charge in [0.1, 0.15) is 12.1 Å². The fourth-order valence-electron chi connectivity index (χ4n) is 2.72. The molecule has 1 aliphatic rings. The third kappa shape index (κ3) is 17.8. The van der Waals surface area contributed by atoms with Crippen LogP contribution in [-0.4, -0.2) is 94.9 Å². The van der Waals surface area contributed by atoms with Gasteiger partial charge in [-0.2, -0.15) is 4.67 Å². The van der Waals surface area contributed by atoms with E-state index in [1.807, 2.05) is 0 Å². The van der Waals surface area contributed by atoms with Crippen molar-refractivity contribution in [3.63, 3.8) is 0 Å². The van der Waals surface area contributed by atoms with Crippen LogP contribution in [0.15, 0.2) is 0 Å². The van der Waals surface area contributed by atoms with Crippen LogP contribution in [0.25, 0.3) is 0 Å². The Balaban J connectivity index is 0. The second kappa shape index (κ2) is 23.5. The van der Waals surface area contributed by atoms with Crippen molar-refractivity contribution in [3.8, 4) is 0 Å². The number of nitrogens with zero attached hydrogens (tertiary/aromatic N) is 1. The largest absolute Gasteiger partial charge is 0.480 e. The van der Waals surface area contributed by atoms with Crippen LogP contribution in [0.4, 0.5) is 0 Å². The Hall–Kier alpha value is -0.610. The molecule has 1 fully saturated rings. The Bertz CT molecular complexity index is 602. The SMILES string of the molecule is NCCCC[C@H](N)C(=O)O.NCCCC[C@H](N)C(=O)O.O=P1(NCCCl)OCCC(OO)N1CCCl. The summed E-state index contributed by atoms with van der Waals surface area (Å²) in [7, 11) is -3.20. The lowest BCUT2D eigenvalue weighted by atomic mass is 10.1. The summed E-state index contributed by atoms with van der Waals surface area (Å²) >= 11 is 11.1. The highest BCUT2D eigenvalue weighted by Gasteiger charge is 2.41. The Morgan fingerprint density at radius 2 is 1.53 bits per heavy atom. The number of aliphatic carboxylic acids is 2. The molecule has 12 N–H and O–H groups in total. The van der Waals surface area contributed by atoms with Gasteiger partial charge in [0.15, 0.2) is 6.23 Å². The molecule has 0 radical (unpaired) electrons. The van der Waals surface area contributed by atoms with Gasteiger partial charge in [0.25, 0.3) is 0 Å². The van der Waals surface area contributed by atoms with Crippen molar-refractivity contribution < 1.29 is 39.0 Å². The van der Waals surface area contributed by atoms with E-state index in [0.717, 1.165) is 25.7 Å². The molecule has 0 spiro atoms. The summed E-state index contributed by atoms with van der Waals surface area (Å²) in [5.74, 6) is -1.29. The minimum atomic E-state index is -3.20. The van der Waals surface area contributed by atoms with Crippen molar-refractivity contribution in [3.05, 3.63) is 0 Å². The molecule has 14 nitrogen and oxygen atoms in total. The number of halogens is 2. The predicted octanol–water partition coefficient (Wildman–Crippen LogP) is 0.754. The standard InChI is InChI=1S/C7H15Cl2N2O4P.2C6H14N2O2/c8-2-4-10-16(13)11(5-3-9)7(15-12)1-6-14-16;2*7-4-2-1-3-5(8)6(9)10/h7,12H,1-6H2,(H,10,13);2*5H,1-4,7-8H2,(H,9,10)/t;2*5-/m.00/s1. The van der Waals surface area contributed by atoms with Crippen molar-refractivity contribution in [2.45, 2.75) is 63.3 Å². The monoisotopic (exact) mass is 584 g/mol. The van der Waals surface area contributed by atoms with Crippen molar-refractivity contribution >= 4 is 42.8 Å². The van der Waals surface area contributed by atoms with E-state index in [0.29, 0.717) is 51.3 Å². The maximum absolute atomic E-state index is 12.4. The van der Waals surface area contributed by atoms with E-state index < -0.39 is 37.9 Å². The summed E-state index contributed by atoms with van der Waals surface area (Å²) in [6.45, 7) is 2.09. The average Bonchev–Trinajstić information content (AvgIpc) is 2.85. The molecule has 0 amide bonds. The van der Waals surface area contributed by atoms with Gasteiger partial charge in [-0.1, -0.05) is 12.8 Å². The average molecular weight is 585 g/mol. The van der Waals surface area contributed by atoms with E-state index >= 15 is 0 Å². The lowest BCUT2D eigenvalue weighted by Crippen LogP contribution is -2.44. The zero-order chi connectivity index (χ0) is 28.0. The molecule has 0 aromatic carbocycles. The molecule has 4 atom stereocenters. The Labute approximate surface area is 222 Å². The van der Waals surface area contributed by atoms with Gasteiger partial charge in [0, 0.05) is 31.3 Å². The highest BCUT2D eigenvalue weighted by atomic mass is 35.5. The number of hydrogen-bond donors (Lipinski definition) is 8. The smallest absolute Gasteiger partial charge is 0.345 e. The Morgan fingerprint density at radius 3 is 1.89 bits per heavy atom. The zero-order valence-corrected chi connectivity index (χ0v) is 22.9. The predicted molar refractivity (Wildman–Crippen MR) is 139 cm³/mol. The minimum Gasteiger partial charge on any atom is -0.480 e. The fraction of sp³-hybridized carbons (Fsp3) is 0.895. The third-order valence-electron chi connectivity index (χ3n) is 4.72. The maximum atomic E-state index is 12.4. The molecule has 17 heteroatoms. The number of unbranched alkanes of at least 4 members (excludes halogenated alkanes) is 2. The summed E-state index contributed by atoms with van der Waals surface area (Å²) in [5.41, 5.74) is 20.8. The van der Waals surface area contributed by atoms with Crippen LogP contribution in [0.2, 0.25) is 0 Å². The first-order valence-corrected chi connectivity index (χ1v) is 14.2. The number of rotatable bonds is 16. The molecule has 0 saturated carbocycles. The molecule has 0 bridgehead atoms. The van der Waals surface area contributed by atoms with Crippen LogP contribution >= 0.6 is 30.9 Å². The number of alkyl halides is 2. The highest BCUT2D eigenvalue weighted by Crippen LogP contribution is 2.51. The number of nitrogens with one attached hydrogen (secondary N) is 1. The molecule has 2 unspecified atom stereocenters. The first kappa shape index (κ1) is 37.5. The first-order chi connectivity index (χ1) is 17.0. The van der Waals surface area contributed by atoms with Crippen molar-refractivity contribution in [1.82, 2.24) is 9.76 Å². The van der Waals surface area contributed by atoms with E-state index in [4.69, 9.17) is 66.1 Å². The van der Waals surface area contributed by atoms with Crippen LogP contribution in [0, 0.1) is 0 Å². The van der Waals surface area contributed by atoms with Crippen LogP contribution in [-0.2, 0) is 23.6 Å². The Kier molecular flexibility index (Phi) is 24.5. The molecule has 0 aromatic heterocycles. The normalized spacial score (nSPS) is 21.4. The highest BCUT2D eigenvalue weighted by molar-refractivity contribution is 7.54. The summed E-state index contributed by atoms with van der Waals surface area (Å²) < 4.78 is 19.0. The van der Waals surface area contributed by atoms with E-state index in [9.17, 15) is 14.2 Å². The first-order valence-electron chi connectivity index (χ1n) is 11.6. The molecule has 0 aromatic rings. The number of hydrogen-bond acceptors (Lipinski definition) is 10. The van der Waals surface area contributed by atoms with Gasteiger partial charge < -0.3 is 37.7 Å². The van der Waals surface area contributed by atoms with Gasteiger partial charge in [-0.3, -0.25) is 19.4 Å². The van der Waals surface area contributed by atoms with Crippen molar-refractivity contribution in [1.29, 1.82) is 0 Å². The lowest BCUT2D eigenvalue weighted by Gasteiger charge is -2.38. The summed E-state index contributed by atoms with van der Waals surface area (Å²) in [5, 5.41) is 28.1. The molecular formula is C19H43Cl2N6O8P.